The zero-order valence-corrected chi connectivity index (χ0v) is 11.8. The van der Waals surface area contributed by atoms with E-state index in [4.69, 9.17) is 0 Å². The van der Waals surface area contributed by atoms with Crippen LogP contribution in [0.4, 0.5) is 5.69 Å². The largest absolute Gasteiger partial charge is 0.273 e. The van der Waals surface area contributed by atoms with E-state index in [2.05, 4.69) is 24.3 Å². The van der Waals surface area contributed by atoms with Gasteiger partial charge < -0.3 is 0 Å². The van der Waals surface area contributed by atoms with Crippen molar-refractivity contribution < 1.29 is 4.92 Å². The highest BCUT2D eigenvalue weighted by molar-refractivity contribution is 5.81. The molecule has 0 atom stereocenters. The summed E-state index contributed by atoms with van der Waals surface area (Å²) in [4.78, 5) is 11.1. The van der Waals surface area contributed by atoms with Crippen LogP contribution in [0.5, 0.6) is 0 Å². The number of rotatable bonds is 2. The van der Waals surface area contributed by atoms with E-state index >= 15 is 0 Å². The van der Waals surface area contributed by atoms with E-state index in [-0.39, 0.29) is 16.5 Å². The first-order chi connectivity index (χ1) is 10.8. The molecule has 3 nitrogen and oxygen atoms in total. The minimum absolute atomic E-state index is 0.0750. The number of benzene rings is 3. The average Bonchev–Trinajstić information content (AvgIpc) is 2.89. The van der Waals surface area contributed by atoms with Crippen LogP contribution in [-0.4, -0.2) is 4.92 Å². The molecule has 22 heavy (non-hydrogen) atoms. The summed E-state index contributed by atoms with van der Waals surface area (Å²) in [5.41, 5.74) is 5.54. The first-order valence-corrected chi connectivity index (χ1v) is 7.19. The Morgan fingerprint density at radius 1 is 0.682 bits per heavy atom. The lowest BCUT2D eigenvalue weighted by Gasteiger charge is -2.14. The Morgan fingerprint density at radius 2 is 1.14 bits per heavy atom. The highest BCUT2D eigenvalue weighted by Crippen LogP contribution is 2.49. The number of nitro benzene ring substituents is 1. The van der Waals surface area contributed by atoms with Gasteiger partial charge in [0.2, 0.25) is 0 Å². The van der Waals surface area contributed by atoms with Crippen molar-refractivity contribution in [3.63, 3.8) is 0 Å². The molecule has 0 saturated heterocycles. The van der Waals surface area contributed by atoms with Crippen LogP contribution in [0.25, 0.3) is 11.1 Å². The highest BCUT2D eigenvalue weighted by Gasteiger charge is 2.33. The third-order valence-corrected chi connectivity index (χ3v) is 4.28. The summed E-state index contributed by atoms with van der Waals surface area (Å²) in [6.07, 6.45) is 0. The van der Waals surface area contributed by atoms with Crippen molar-refractivity contribution in [2.24, 2.45) is 0 Å². The zero-order valence-electron chi connectivity index (χ0n) is 11.8. The third-order valence-electron chi connectivity index (χ3n) is 4.28. The van der Waals surface area contributed by atoms with E-state index in [1.807, 2.05) is 36.4 Å². The molecule has 3 heteroatoms. The molecule has 0 fully saturated rings. The van der Waals surface area contributed by atoms with Gasteiger partial charge in [-0.05, 0) is 22.3 Å². The molecule has 1 aliphatic carbocycles. The fraction of sp³-hybridized carbons (Fsp3) is 0.0526. The van der Waals surface area contributed by atoms with Crippen molar-refractivity contribution in [3.05, 3.63) is 99.6 Å². The molecule has 0 N–H and O–H groups in total. The zero-order chi connectivity index (χ0) is 15.1. The molecule has 0 radical (unpaired) electrons. The highest BCUT2D eigenvalue weighted by atomic mass is 16.6. The predicted octanol–water partition coefficient (Wildman–Crippen LogP) is 4.76. The Morgan fingerprint density at radius 3 is 1.68 bits per heavy atom. The Balaban J connectivity index is 2.02. The van der Waals surface area contributed by atoms with Crippen LogP contribution in [0.3, 0.4) is 0 Å². The van der Waals surface area contributed by atoms with Crippen LogP contribution in [0, 0.1) is 10.1 Å². The molecule has 0 aromatic heterocycles. The maximum atomic E-state index is 11.4. The first kappa shape index (κ1) is 12.8. The third kappa shape index (κ3) is 1.76. The van der Waals surface area contributed by atoms with Gasteiger partial charge in [-0.15, -0.1) is 0 Å². The molecule has 1 aliphatic rings. The molecule has 0 aliphatic heterocycles. The van der Waals surface area contributed by atoms with Gasteiger partial charge in [0.05, 0.1) is 4.92 Å². The normalized spacial score (nSPS) is 12.7. The fourth-order valence-electron chi connectivity index (χ4n) is 3.39. The van der Waals surface area contributed by atoms with Gasteiger partial charge in [-0.1, -0.05) is 66.7 Å². The van der Waals surface area contributed by atoms with Crippen molar-refractivity contribution in [1.29, 1.82) is 0 Å². The van der Waals surface area contributed by atoms with Crippen LogP contribution < -0.4 is 0 Å². The van der Waals surface area contributed by atoms with Gasteiger partial charge in [0.15, 0.2) is 0 Å². The van der Waals surface area contributed by atoms with Gasteiger partial charge in [-0.25, -0.2) is 0 Å². The van der Waals surface area contributed by atoms with E-state index < -0.39 is 0 Å². The average molecular weight is 287 g/mol. The summed E-state index contributed by atoms with van der Waals surface area (Å²) >= 11 is 0. The maximum Gasteiger partial charge on any atom is 0.273 e. The topological polar surface area (TPSA) is 43.1 Å². The van der Waals surface area contributed by atoms with Crippen molar-refractivity contribution >= 4 is 5.69 Å². The molecule has 0 bridgehead atoms. The van der Waals surface area contributed by atoms with Gasteiger partial charge in [-0.3, -0.25) is 10.1 Å². The molecule has 4 rings (SSSR count). The lowest BCUT2D eigenvalue weighted by molar-refractivity contribution is -0.385. The molecule has 3 aromatic rings. The monoisotopic (exact) mass is 287 g/mol. The first-order valence-electron chi connectivity index (χ1n) is 7.19. The Kier molecular flexibility index (Phi) is 2.79. The van der Waals surface area contributed by atoms with Crippen molar-refractivity contribution in [1.82, 2.24) is 0 Å². The molecule has 0 heterocycles. The van der Waals surface area contributed by atoms with E-state index in [1.54, 1.807) is 12.1 Å². The number of fused-ring (bicyclic) bond motifs is 3. The number of nitro groups is 1. The SMILES string of the molecule is O=[N+]([O-])c1ccccc1C1c2ccccc2-c2ccccc21. The maximum absolute atomic E-state index is 11.4. The summed E-state index contributed by atoms with van der Waals surface area (Å²) in [7, 11) is 0. The molecule has 0 amide bonds. The lowest BCUT2D eigenvalue weighted by atomic mass is 9.88. The van der Waals surface area contributed by atoms with E-state index in [0.717, 1.165) is 16.7 Å². The van der Waals surface area contributed by atoms with E-state index in [9.17, 15) is 10.1 Å². The molecule has 106 valence electrons. The quantitative estimate of drug-likeness (QED) is 0.394. The molecular weight excluding hydrogens is 274 g/mol. The smallest absolute Gasteiger partial charge is 0.258 e. The Labute approximate surface area is 128 Å². The van der Waals surface area contributed by atoms with Crippen LogP contribution in [-0.2, 0) is 0 Å². The molecule has 0 saturated carbocycles. The van der Waals surface area contributed by atoms with Gasteiger partial charge >= 0.3 is 0 Å². The van der Waals surface area contributed by atoms with E-state index in [1.165, 1.54) is 11.1 Å². The fourth-order valence-corrected chi connectivity index (χ4v) is 3.39. The molecule has 0 spiro atoms. The second-order valence-corrected chi connectivity index (χ2v) is 5.42. The Hall–Kier alpha value is -2.94. The second kappa shape index (κ2) is 4.81. The molecular formula is C19H13NO2. The van der Waals surface area contributed by atoms with Crippen molar-refractivity contribution in [2.45, 2.75) is 5.92 Å². The summed E-state index contributed by atoms with van der Waals surface area (Å²) in [6.45, 7) is 0. The summed E-state index contributed by atoms with van der Waals surface area (Å²) in [5, 5.41) is 11.4. The number of hydrogen-bond acceptors (Lipinski definition) is 2. The van der Waals surface area contributed by atoms with Crippen molar-refractivity contribution in [3.8, 4) is 11.1 Å². The standard InChI is InChI=1S/C19H13NO2/c21-20(22)18-12-6-5-11-17(18)19-15-9-3-1-7-13(15)14-8-2-4-10-16(14)19/h1-12,19H. The number of nitrogens with zero attached hydrogens (tertiary/aromatic N) is 1. The van der Waals surface area contributed by atoms with Gasteiger partial charge in [0.1, 0.15) is 0 Å². The summed E-state index contributed by atoms with van der Waals surface area (Å²) in [5.74, 6) is -0.0750. The minimum atomic E-state index is -0.293. The Bertz CT molecular complexity index is 840. The van der Waals surface area contributed by atoms with Gasteiger partial charge in [0, 0.05) is 17.5 Å². The number of hydrogen-bond donors (Lipinski definition) is 0. The molecule has 0 unspecified atom stereocenters. The predicted molar refractivity (Wildman–Crippen MR) is 85.9 cm³/mol. The second-order valence-electron chi connectivity index (χ2n) is 5.42. The van der Waals surface area contributed by atoms with Gasteiger partial charge in [0.25, 0.3) is 5.69 Å². The minimum Gasteiger partial charge on any atom is -0.258 e. The number of para-hydroxylation sites is 1. The summed E-state index contributed by atoms with van der Waals surface area (Å²) in [6, 6.07) is 23.3. The van der Waals surface area contributed by atoms with Crippen molar-refractivity contribution in [2.75, 3.05) is 0 Å². The van der Waals surface area contributed by atoms with Crippen LogP contribution >= 0.6 is 0 Å². The van der Waals surface area contributed by atoms with Gasteiger partial charge in [-0.2, -0.15) is 0 Å². The lowest BCUT2D eigenvalue weighted by Crippen LogP contribution is -2.03. The van der Waals surface area contributed by atoms with Crippen LogP contribution in [0.1, 0.15) is 22.6 Å². The van der Waals surface area contributed by atoms with E-state index in [0.29, 0.717) is 0 Å². The summed E-state index contributed by atoms with van der Waals surface area (Å²) < 4.78 is 0. The molecule has 3 aromatic carbocycles. The van der Waals surface area contributed by atoms with Crippen LogP contribution in [0.2, 0.25) is 0 Å². The van der Waals surface area contributed by atoms with Crippen LogP contribution in [0.15, 0.2) is 72.8 Å².